The number of anilines is 1. The summed E-state index contributed by atoms with van der Waals surface area (Å²) in [5.41, 5.74) is 4.16. The van der Waals surface area contributed by atoms with Crippen molar-refractivity contribution in [3.8, 4) is 22.8 Å². The highest BCUT2D eigenvalue weighted by Crippen LogP contribution is 2.32. The maximum atomic E-state index is 12.6. The summed E-state index contributed by atoms with van der Waals surface area (Å²) in [6.45, 7) is 1.89. The molecule has 10 heteroatoms. The molecule has 0 radical (unpaired) electrons. The molecule has 2 heterocycles. The number of carbonyl (C=O) groups excluding carboxylic acids is 1. The van der Waals surface area contributed by atoms with Gasteiger partial charge in [0.2, 0.25) is 5.91 Å². The van der Waals surface area contributed by atoms with Crippen molar-refractivity contribution in [2.75, 3.05) is 12.4 Å². The first-order valence-electron chi connectivity index (χ1n) is 11.1. The van der Waals surface area contributed by atoms with Gasteiger partial charge in [-0.25, -0.2) is 0 Å². The Kier molecular flexibility index (Phi) is 6.93. The van der Waals surface area contributed by atoms with Crippen LogP contribution in [0.15, 0.2) is 71.2 Å². The highest BCUT2D eigenvalue weighted by Gasteiger charge is 2.12. The molecule has 2 aromatic heterocycles. The number of methoxy groups -OCH3 is 1. The topological polar surface area (TPSA) is 82.2 Å². The van der Waals surface area contributed by atoms with Crippen molar-refractivity contribution in [2.45, 2.75) is 6.92 Å². The van der Waals surface area contributed by atoms with Crippen molar-refractivity contribution < 1.29 is 13.9 Å². The molecule has 5 aromatic rings. The Bertz CT molecular complexity index is 1670. The lowest BCUT2D eigenvalue weighted by Crippen LogP contribution is -2.08. The summed E-state index contributed by atoms with van der Waals surface area (Å²) >= 11 is 18.5. The Balaban J connectivity index is 1.32. The van der Waals surface area contributed by atoms with Gasteiger partial charge in [-0.3, -0.25) is 4.79 Å². The average Bonchev–Trinajstić information content (AvgIpc) is 3.50. The van der Waals surface area contributed by atoms with Crippen LogP contribution in [-0.2, 0) is 4.79 Å². The molecule has 0 bridgehead atoms. The largest absolute Gasteiger partial charge is 0.495 e. The number of ether oxygens (including phenoxy) is 1. The molecule has 1 amide bonds. The molecule has 0 saturated heterocycles. The molecule has 37 heavy (non-hydrogen) atoms. The SMILES string of the molecule is COc1ccc(-n2nc3cc(C)c(NC(=O)/C=C/c4ccc(-c5ccc(Cl)cc5Cl)o4)cc3n2)cc1Cl. The molecule has 186 valence electrons. The fourth-order valence-electron chi connectivity index (χ4n) is 3.71. The van der Waals surface area contributed by atoms with E-state index in [1.165, 1.54) is 10.9 Å². The molecule has 0 saturated carbocycles. The normalized spacial score (nSPS) is 11.4. The second kappa shape index (κ2) is 10.3. The number of hydrogen-bond acceptors (Lipinski definition) is 5. The third-order valence-electron chi connectivity index (χ3n) is 5.57. The number of rotatable bonds is 6. The summed E-state index contributed by atoms with van der Waals surface area (Å²) in [5.74, 6) is 1.32. The number of halogens is 3. The molecule has 5 rings (SSSR count). The van der Waals surface area contributed by atoms with Gasteiger partial charge in [0.1, 0.15) is 28.3 Å². The van der Waals surface area contributed by atoms with E-state index < -0.39 is 0 Å². The van der Waals surface area contributed by atoms with Gasteiger partial charge >= 0.3 is 0 Å². The van der Waals surface area contributed by atoms with Crippen molar-refractivity contribution in [1.29, 1.82) is 0 Å². The Hall–Kier alpha value is -3.78. The first-order chi connectivity index (χ1) is 17.8. The fourth-order valence-corrected chi connectivity index (χ4v) is 4.46. The van der Waals surface area contributed by atoms with Crippen LogP contribution in [-0.4, -0.2) is 28.0 Å². The summed E-state index contributed by atoms with van der Waals surface area (Å²) in [6.07, 6.45) is 2.98. The van der Waals surface area contributed by atoms with Gasteiger partial charge in [0.25, 0.3) is 0 Å². The van der Waals surface area contributed by atoms with E-state index >= 15 is 0 Å². The molecular weight excluding hydrogens is 535 g/mol. The number of aromatic nitrogens is 3. The van der Waals surface area contributed by atoms with Gasteiger partial charge < -0.3 is 14.5 Å². The standard InChI is InChI=1S/C27H19Cl3N4O3/c1-15-11-23-24(33-34(32-23)17-4-8-26(36-2)21(30)13-17)14-22(15)31-27(35)10-6-18-5-9-25(37-18)19-7-3-16(28)12-20(19)29/h3-14H,1-2H3,(H,31,35)/b10-6+. The van der Waals surface area contributed by atoms with E-state index in [4.69, 9.17) is 44.0 Å². The molecule has 0 aliphatic heterocycles. The minimum absolute atomic E-state index is 0.320. The molecule has 0 fully saturated rings. The van der Waals surface area contributed by atoms with Gasteiger partial charge in [0.05, 0.1) is 22.8 Å². The van der Waals surface area contributed by atoms with Crippen LogP contribution in [0.1, 0.15) is 11.3 Å². The van der Waals surface area contributed by atoms with Gasteiger partial charge in [-0.05, 0) is 79.2 Å². The van der Waals surface area contributed by atoms with Gasteiger partial charge in [0, 0.05) is 22.3 Å². The zero-order chi connectivity index (χ0) is 26.1. The van der Waals surface area contributed by atoms with E-state index in [9.17, 15) is 4.79 Å². The number of nitrogens with one attached hydrogen (secondary N) is 1. The Labute approximate surface area is 227 Å². The number of furan rings is 1. The number of carbonyl (C=O) groups is 1. The number of amides is 1. The monoisotopic (exact) mass is 552 g/mol. The summed E-state index contributed by atoms with van der Waals surface area (Å²) in [7, 11) is 1.55. The van der Waals surface area contributed by atoms with Crippen LogP contribution in [0.25, 0.3) is 34.1 Å². The van der Waals surface area contributed by atoms with Crippen LogP contribution in [0, 0.1) is 6.92 Å². The van der Waals surface area contributed by atoms with Crippen molar-refractivity contribution in [1.82, 2.24) is 15.0 Å². The zero-order valence-electron chi connectivity index (χ0n) is 19.6. The third kappa shape index (κ3) is 5.34. The second-order valence-electron chi connectivity index (χ2n) is 8.11. The summed E-state index contributed by atoms with van der Waals surface area (Å²) in [6, 6.07) is 17.6. The number of hydrogen-bond donors (Lipinski definition) is 1. The number of benzene rings is 3. The van der Waals surface area contributed by atoms with Crippen molar-refractivity contribution in [3.63, 3.8) is 0 Å². The van der Waals surface area contributed by atoms with Crippen LogP contribution < -0.4 is 10.1 Å². The molecule has 3 aromatic carbocycles. The lowest BCUT2D eigenvalue weighted by atomic mass is 10.1. The molecule has 7 nitrogen and oxygen atoms in total. The van der Waals surface area contributed by atoms with Crippen molar-refractivity contribution in [3.05, 3.63) is 93.1 Å². The van der Waals surface area contributed by atoms with E-state index in [2.05, 4.69) is 15.5 Å². The van der Waals surface area contributed by atoms with E-state index in [0.717, 1.165) is 5.56 Å². The van der Waals surface area contributed by atoms with Gasteiger partial charge in [0.15, 0.2) is 0 Å². The van der Waals surface area contributed by atoms with Gasteiger partial charge in [-0.15, -0.1) is 10.2 Å². The number of aryl methyl sites for hydroxylation is 1. The maximum Gasteiger partial charge on any atom is 0.248 e. The highest BCUT2D eigenvalue weighted by atomic mass is 35.5. The quantitative estimate of drug-likeness (QED) is 0.219. The summed E-state index contributed by atoms with van der Waals surface area (Å²) in [4.78, 5) is 14.1. The lowest BCUT2D eigenvalue weighted by Gasteiger charge is -2.05. The van der Waals surface area contributed by atoms with E-state index in [-0.39, 0.29) is 5.91 Å². The molecule has 0 spiro atoms. The second-order valence-corrected chi connectivity index (χ2v) is 9.36. The molecule has 0 aliphatic carbocycles. The van der Waals surface area contributed by atoms with Crippen LogP contribution in [0.3, 0.4) is 0 Å². The predicted octanol–water partition coefficient (Wildman–Crippen LogP) is 7.61. The van der Waals surface area contributed by atoms with Gasteiger partial charge in [-0.2, -0.15) is 4.80 Å². The Morgan fingerprint density at radius 2 is 1.76 bits per heavy atom. The lowest BCUT2D eigenvalue weighted by molar-refractivity contribution is -0.111. The van der Waals surface area contributed by atoms with E-state index in [1.807, 2.05) is 19.1 Å². The molecule has 0 aliphatic rings. The minimum atomic E-state index is -0.320. The number of fused-ring (bicyclic) bond motifs is 1. The number of nitrogens with zero attached hydrogens (tertiary/aromatic N) is 3. The van der Waals surface area contributed by atoms with Crippen LogP contribution in [0.5, 0.6) is 5.75 Å². The molecule has 0 unspecified atom stereocenters. The maximum absolute atomic E-state index is 12.6. The minimum Gasteiger partial charge on any atom is -0.495 e. The zero-order valence-corrected chi connectivity index (χ0v) is 21.9. The third-order valence-corrected chi connectivity index (χ3v) is 6.42. The van der Waals surface area contributed by atoms with Crippen LogP contribution in [0.2, 0.25) is 15.1 Å². The highest BCUT2D eigenvalue weighted by molar-refractivity contribution is 6.36. The molecule has 1 N–H and O–H groups in total. The van der Waals surface area contributed by atoms with E-state index in [0.29, 0.717) is 60.3 Å². The van der Waals surface area contributed by atoms with Gasteiger partial charge in [-0.1, -0.05) is 34.8 Å². The van der Waals surface area contributed by atoms with Crippen LogP contribution >= 0.6 is 34.8 Å². The fraction of sp³-hybridized carbons (Fsp3) is 0.0741. The molecular formula is C27H19Cl3N4O3. The average molecular weight is 554 g/mol. The van der Waals surface area contributed by atoms with Crippen molar-refractivity contribution >= 4 is 63.5 Å². The van der Waals surface area contributed by atoms with Crippen LogP contribution in [0.4, 0.5) is 5.69 Å². The predicted molar refractivity (Wildman–Crippen MR) is 147 cm³/mol. The van der Waals surface area contributed by atoms with Crippen molar-refractivity contribution in [2.24, 2.45) is 0 Å². The Morgan fingerprint density at radius 1 is 0.973 bits per heavy atom. The summed E-state index contributed by atoms with van der Waals surface area (Å²) in [5, 5.41) is 13.4. The first kappa shape index (κ1) is 24.9. The first-order valence-corrected chi connectivity index (χ1v) is 12.2. The molecule has 0 atom stereocenters. The van der Waals surface area contributed by atoms with E-state index in [1.54, 1.807) is 61.7 Å². The summed E-state index contributed by atoms with van der Waals surface area (Å²) < 4.78 is 11.0. The smallest absolute Gasteiger partial charge is 0.248 e. The Morgan fingerprint density at radius 3 is 2.49 bits per heavy atom.